The van der Waals surface area contributed by atoms with Crippen LogP contribution in [0.1, 0.15) is 30.6 Å². The van der Waals surface area contributed by atoms with Gasteiger partial charge in [0.25, 0.3) is 5.91 Å². The lowest BCUT2D eigenvalue weighted by Gasteiger charge is -2.15. The first-order valence-corrected chi connectivity index (χ1v) is 7.26. The van der Waals surface area contributed by atoms with Gasteiger partial charge in [0.1, 0.15) is 5.75 Å². The quantitative estimate of drug-likeness (QED) is 0.827. The number of nitrogens with one attached hydrogen (secondary N) is 1. The Kier molecular flexibility index (Phi) is 5.31. The lowest BCUT2D eigenvalue weighted by Crippen LogP contribution is -2.30. The summed E-state index contributed by atoms with van der Waals surface area (Å²) in [6, 6.07) is 16.0. The van der Waals surface area contributed by atoms with E-state index >= 15 is 0 Å². The molecule has 114 valence electrons. The largest absolute Gasteiger partial charge is 0.481 e. The van der Waals surface area contributed by atoms with Crippen molar-refractivity contribution in [1.82, 2.24) is 0 Å². The normalized spacial score (nSPS) is 11.5. The summed E-state index contributed by atoms with van der Waals surface area (Å²) in [5.74, 6) is 0.421. The van der Waals surface area contributed by atoms with Crippen molar-refractivity contribution >= 4 is 17.4 Å². The molecule has 0 aromatic heterocycles. The second kappa shape index (κ2) is 7.41. The highest BCUT2D eigenvalue weighted by Gasteiger charge is 2.15. The second-order valence-corrected chi connectivity index (χ2v) is 4.92. The molecule has 0 spiro atoms. The number of para-hydroxylation sites is 1. The average Bonchev–Trinajstić information content (AvgIpc) is 2.55. The maximum absolute atomic E-state index is 12.0. The van der Waals surface area contributed by atoms with E-state index in [1.165, 1.54) is 0 Å². The number of hydrogen-bond acceptors (Lipinski definition) is 3. The van der Waals surface area contributed by atoms with Gasteiger partial charge in [0.05, 0.1) is 0 Å². The smallest absolute Gasteiger partial charge is 0.265 e. The maximum atomic E-state index is 12.0. The minimum Gasteiger partial charge on any atom is -0.481 e. The Morgan fingerprint density at radius 1 is 1.05 bits per heavy atom. The van der Waals surface area contributed by atoms with Crippen LogP contribution in [-0.2, 0) is 4.79 Å². The lowest BCUT2D eigenvalue weighted by atomic mass is 10.1. The standard InChI is InChI=1S/C18H19NO3/c1-3-17(20)14-9-11-16(12-10-14)22-13(2)18(21)19-15-7-5-4-6-8-15/h4-13H,3H2,1-2H3,(H,19,21). The molecule has 0 aliphatic rings. The monoisotopic (exact) mass is 297 g/mol. The zero-order valence-electron chi connectivity index (χ0n) is 12.7. The van der Waals surface area contributed by atoms with Crippen LogP contribution in [0.15, 0.2) is 54.6 Å². The van der Waals surface area contributed by atoms with E-state index in [1.54, 1.807) is 31.2 Å². The van der Waals surface area contributed by atoms with E-state index in [4.69, 9.17) is 4.74 Å². The highest BCUT2D eigenvalue weighted by atomic mass is 16.5. The van der Waals surface area contributed by atoms with Crippen molar-refractivity contribution in [2.75, 3.05) is 5.32 Å². The predicted molar refractivity (Wildman–Crippen MR) is 86.2 cm³/mol. The van der Waals surface area contributed by atoms with Crippen LogP contribution in [0.2, 0.25) is 0 Å². The number of Topliss-reactive ketones (excluding diaryl/α,β-unsaturated/α-hetero) is 1. The van der Waals surface area contributed by atoms with Gasteiger partial charge in [-0.05, 0) is 43.3 Å². The molecule has 22 heavy (non-hydrogen) atoms. The maximum Gasteiger partial charge on any atom is 0.265 e. The minimum atomic E-state index is -0.632. The molecule has 0 fully saturated rings. The molecule has 4 nitrogen and oxygen atoms in total. The van der Waals surface area contributed by atoms with Crippen LogP contribution in [0.5, 0.6) is 5.75 Å². The van der Waals surface area contributed by atoms with Crippen molar-refractivity contribution in [3.05, 3.63) is 60.2 Å². The number of anilines is 1. The van der Waals surface area contributed by atoms with Gasteiger partial charge in [0.2, 0.25) is 0 Å². The molecule has 0 radical (unpaired) electrons. The summed E-state index contributed by atoms with van der Waals surface area (Å²) >= 11 is 0. The van der Waals surface area contributed by atoms with Crippen LogP contribution < -0.4 is 10.1 Å². The molecule has 1 unspecified atom stereocenters. The number of amides is 1. The Hall–Kier alpha value is -2.62. The zero-order chi connectivity index (χ0) is 15.9. The van der Waals surface area contributed by atoms with Gasteiger partial charge in [-0.25, -0.2) is 0 Å². The third-order valence-corrected chi connectivity index (χ3v) is 3.22. The Bertz CT molecular complexity index is 635. The number of hydrogen-bond donors (Lipinski definition) is 1. The fraction of sp³-hybridized carbons (Fsp3) is 0.222. The zero-order valence-corrected chi connectivity index (χ0v) is 12.7. The lowest BCUT2D eigenvalue weighted by molar-refractivity contribution is -0.122. The average molecular weight is 297 g/mol. The van der Waals surface area contributed by atoms with E-state index in [2.05, 4.69) is 5.32 Å². The molecular formula is C18H19NO3. The van der Waals surface area contributed by atoms with Crippen molar-refractivity contribution in [3.63, 3.8) is 0 Å². The predicted octanol–water partition coefficient (Wildman–Crippen LogP) is 3.69. The second-order valence-electron chi connectivity index (χ2n) is 4.92. The van der Waals surface area contributed by atoms with Gasteiger partial charge in [-0.3, -0.25) is 9.59 Å². The van der Waals surface area contributed by atoms with Gasteiger partial charge in [0, 0.05) is 17.7 Å². The number of ketones is 1. The molecule has 1 N–H and O–H groups in total. The molecule has 0 heterocycles. The molecule has 1 amide bonds. The molecule has 2 rings (SSSR count). The van der Waals surface area contributed by atoms with Crippen LogP contribution >= 0.6 is 0 Å². The van der Waals surface area contributed by atoms with Crippen molar-refractivity contribution in [1.29, 1.82) is 0 Å². The van der Waals surface area contributed by atoms with E-state index in [1.807, 2.05) is 37.3 Å². The van der Waals surface area contributed by atoms with Crippen molar-refractivity contribution in [3.8, 4) is 5.75 Å². The molecule has 0 aliphatic carbocycles. The first-order chi connectivity index (χ1) is 10.6. The molecule has 2 aromatic rings. The Morgan fingerprint density at radius 3 is 2.27 bits per heavy atom. The molecule has 4 heteroatoms. The molecule has 0 saturated heterocycles. The Morgan fingerprint density at radius 2 is 1.68 bits per heavy atom. The van der Waals surface area contributed by atoms with E-state index in [0.29, 0.717) is 17.7 Å². The van der Waals surface area contributed by atoms with Crippen molar-refractivity contribution < 1.29 is 14.3 Å². The minimum absolute atomic E-state index is 0.0846. The molecule has 0 aliphatic heterocycles. The van der Waals surface area contributed by atoms with Gasteiger partial charge >= 0.3 is 0 Å². The Labute approximate surface area is 130 Å². The number of ether oxygens (including phenoxy) is 1. The first-order valence-electron chi connectivity index (χ1n) is 7.26. The summed E-state index contributed by atoms with van der Waals surface area (Å²) in [4.78, 5) is 23.6. The van der Waals surface area contributed by atoms with Gasteiger partial charge < -0.3 is 10.1 Å². The molecule has 1 atom stereocenters. The highest BCUT2D eigenvalue weighted by Crippen LogP contribution is 2.16. The number of carbonyl (C=O) groups is 2. The van der Waals surface area contributed by atoms with E-state index < -0.39 is 6.10 Å². The summed E-state index contributed by atoms with van der Waals surface area (Å²) in [6.07, 6.45) is -0.163. The molecular weight excluding hydrogens is 278 g/mol. The van der Waals surface area contributed by atoms with Crippen LogP contribution in [0.4, 0.5) is 5.69 Å². The van der Waals surface area contributed by atoms with Crippen molar-refractivity contribution in [2.45, 2.75) is 26.4 Å². The van der Waals surface area contributed by atoms with Crippen LogP contribution in [0, 0.1) is 0 Å². The van der Waals surface area contributed by atoms with Gasteiger partial charge in [0.15, 0.2) is 11.9 Å². The summed E-state index contributed by atoms with van der Waals surface area (Å²) in [6.45, 7) is 3.51. The van der Waals surface area contributed by atoms with Gasteiger partial charge in [-0.1, -0.05) is 25.1 Å². The fourth-order valence-electron chi connectivity index (χ4n) is 1.95. The highest BCUT2D eigenvalue weighted by molar-refractivity contribution is 5.96. The number of carbonyl (C=O) groups excluding carboxylic acids is 2. The third kappa shape index (κ3) is 4.19. The SMILES string of the molecule is CCC(=O)c1ccc(OC(C)C(=O)Nc2ccccc2)cc1. The van der Waals surface area contributed by atoms with E-state index in [0.717, 1.165) is 5.69 Å². The number of benzene rings is 2. The van der Waals surface area contributed by atoms with E-state index in [-0.39, 0.29) is 11.7 Å². The van der Waals surface area contributed by atoms with Crippen LogP contribution in [-0.4, -0.2) is 17.8 Å². The van der Waals surface area contributed by atoms with Crippen molar-refractivity contribution in [2.24, 2.45) is 0 Å². The summed E-state index contributed by atoms with van der Waals surface area (Å²) in [5, 5.41) is 2.78. The first kappa shape index (κ1) is 15.8. The number of rotatable bonds is 6. The summed E-state index contributed by atoms with van der Waals surface area (Å²) in [7, 11) is 0. The molecule has 0 bridgehead atoms. The van der Waals surface area contributed by atoms with Gasteiger partial charge in [-0.2, -0.15) is 0 Å². The molecule has 0 saturated carbocycles. The van der Waals surface area contributed by atoms with Gasteiger partial charge in [-0.15, -0.1) is 0 Å². The Balaban J connectivity index is 1.95. The van der Waals surface area contributed by atoms with E-state index in [9.17, 15) is 9.59 Å². The third-order valence-electron chi connectivity index (χ3n) is 3.22. The summed E-state index contributed by atoms with van der Waals surface area (Å²) < 4.78 is 5.59. The summed E-state index contributed by atoms with van der Waals surface area (Å²) in [5.41, 5.74) is 1.38. The van der Waals surface area contributed by atoms with Crippen LogP contribution in [0.3, 0.4) is 0 Å². The fourth-order valence-corrected chi connectivity index (χ4v) is 1.95. The van der Waals surface area contributed by atoms with Crippen LogP contribution in [0.25, 0.3) is 0 Å². The topological polar surface area (TPSA) is 55.4 Å². The molecule has 2 aromatic carbocycles.